The topological polar surface area (TPSA) is 17.1 Å². The molecule has 19 heavy (non-hydrogen) atoms. The minimum atomic E-state index is 0.335. The molecule has 2 rings (SSSR count). The number of hydrogen-bond donors (Lipinski definition) is 0. The standard InChI is InChI=1S/C17H24OS/c1-2-6-14-9-10-17(18)15(13-14)11-12-19-16-7-4-3-5-8-16/h3-5,7-8,14-15H,2,6,9-13H2,1H3. The molecule has 0 bridgehead atoms. The lowest BCUT2D eigenvalue weighted by Gasteiger charge is -2.27. The first-order valence-corrected chi connectivity index (χ1v) is 8.48. The molecular formula is C17H24OS. The molecule has 1 aromatic carbocycles. The monoisotopic (exact) mass is 276 g/mol. The number of rotatable bonds is 6. The lowest BCUT2D eigenvalue weighted by Crippen LogP contribution is -2.25. The van der Waals surface area contributed by atoms with E-state index in [-0.39, 0.29) is 0 Å². The maximum absolute atomic E-state index is 12.0. The highest BCUT2D eigenvalue weighted by molar-refractivity contribution is 7.99. The molecule has 0 aliphatic heterocycles. The lowest BCUT2D eigenvalue weighted by molar-refractivity contribution is -0.125. The van der Waals surface area contributed by atoms with Crippen LogP contribution in [0.3, 0.4) is 0 Å². The Morgan fingerprint density at radius 3 is 2.74 bits per heavy atom. The summed E-state index contributed by atoms with van der Waals surface area (Å²) < 4.78 is 0. The molecule has 0 radical (unpaired) electrons. The molecule has 2 unspecified atom stereocenters. The van der Waals surface area contributed by atoms with Crippen LogP contribution in [-0.4, -0.2) is 11.5 Å². The highest BCUT2D eigenvalue weighted by Crippen LogP contribution is 2.32. The molecule has 1 nitrogen and oxygen atoms in total. The Morgan fingerprint density at radius 2 is 2.00 bits per heavy atom. The fourth-order valence-corrected chi connectivity index (χ4v) is 3.97. The highest BCUT2D eigenvalue weighted by atomic mass is 32.2. The maximum atomic E-state index is 12.0. The van der Waals surface area contributed by atoms with Crippen LogP contribution in [0.5, 0.6) is 0 Å². The van der Waals surface area contributed by atoms with Crippen LogP contribution >= 0.6 is 11.8 Å². The third-order valence-corrected chi connectivity index (χ3v) is 5.09. The summed E-state index contributed by atoms with van der Waals surface area (Å²) in [5.74, 6) is 2.72. The number of Topliss-reactive ketones (excluding diaryl/α,β-unsaturated/α-hetero) is 1. The van der Waals surface area contributed by atoms with Crippen molar-refractivity contribution >= 4 is 17.5 Å². The van der Waals surface area contributed by atoms with Gasteiger partial charge < -0.3 is 0 Å². The predicted octanol–water partition coefficient (Wildman–Crippen LogP) is 4.95. The van der Waals surface area contributed by atoms with E-state index in [1.54, 1.807) is 0 Å². The fourth-order valence-electron chi connectivity index (χ4n) is 2.99. The van der Waals surface area contributed by atoms with Crippen LogP contribution in [0.25, 0.3) is 0 Å². The van der Waals surface area contributed by atoms with Crippen LogP contribution in [0.4, 0.5) is 0 Å². The molecule has 2 atom stereocenters. The van der Waals surface area contributed by atoms with Crippen molar-refractivity contribution in [2.75, 3.05) is 5.75 Å². The van der Waals surface area contributed by atoms with E-state index in [4.69, 9.17) is 0 Å². The molecule has 1 fully saturated rings. The molecule has 0 heterocycles. The van der Waals surface area contributed by atoms with Crippen LogP contribution in [-0.2, 0) is 4.79 Å². The van der Waals surface area contributed by atoms with Crippen LogP contribution in [0.2, 0.25) is 0 Å². The minimum absolute atomic E-state index is 0.335. The van der Waals surface area contributed by atoms with E-state index in [2.05, 4.69) is 31.2 Å². The zero-order valence-corrected chi connectivity index (χ0v) is 12.6. The van der Waals surface area contributed by atoms with Gasteiger partial charge in [0.15, 0.2) is 0 Å². The van der Waals surface area contributed by atoms with Gasteiger partial charge in [-0.3, -0.25) is 4.79 Å². The summed E-state index contributed by atoms with van der Waals surface area (Å²) in [7, 11) is 0. The van der Waals surface area contributed by atoms with Crippen molar-refractivity contribution in [2.24, 2.45) is 11.8 Å². The number of carbonyl (C=O) groups is 1. The SMILES string of the molecule is CCCC1CCC(=O)C(CCSc2ccccc2)C1. The van der Waals surface area contributed by atoms with Crippen LogP contribution in [0.1, 0.15) is 45.4 Å². The van der Waals surface area contributed by atoms with E-state index in [1.807, 2.05) is 17.8 Å². The Hall–Kier alpha value is -0.760. The smallest absolute Gasteiger partial charge is 0.136 e. The van der Waals surface area contributed by atoms with Gasteiger partial charge in [0, 0.05) is 17.2 Å². The van der Waals surface area contributed by atoms with Crippen molar-refractivity contribution in [1.82, 2.24) is 0 Å². The number of carbonyl (C=O) groups excluding carboxylic acids is 1. The normalized spacial score (nSPS) is 23.5. The molecule has 104 valence electrons. The fraction of sp³-hybridized carbons (Fsp3) is 0.588. The van der Waals surface area contributed by atoms with Crippen molar-refractivity contribution < 1.29 is 4.79 Å². The van der Waals surface area contributed by atoms with Gasteiger partial charge in [-0.1, -0.05) is 38.0 Å². The molecule has 0 aromatic heterocycles. The third-order valence-electron chi connectivity index (χ3n) is 4.05. The number of hydrogen-bond acceptors (Lipinski definition) is 2. The Bertz CT molecular complexity index is 388. The zero-order chi connectivity index (χ0) is 13.5. The van der Waals surface area contributed by atoms with Gasteiger partial charge in [-0.25, -0.2) is 0 Å². The summed E-state index contributed by atoms with van der Waals surface area (Å²) in [5.41, 5.74) is 0. The van der Waals surface area contributed by atoms with Gasteiger partial charge in [-0.2, -0.15) is 0 Å². The number of ketones is 1. The summed E-state index contributed by atoms with van der Waals surface area (Å²) in [5, 5.41) is 0. The molecule has 0 N–H and O–H groups in total. The summed E-state index contributed by atoms with van der Waals surface area (Å²) in [4.78, 5) is 13.3. The molecule has 2 heteroatoms. The largest absolute Gasteiger partial charge is 0.299 e. The summed E-state index contributed by atoms with van der Waals surface area (Å²) in [6.45, 7) is 2.25. The highest BCUT2D eigenvalue weighted by Gasteiger charge is 2.27. The van der Waals surface area contributed by atoms with Crippen molar-refractivity contribution in [3.8, 4) is 0 Å². The van der Waals surface area contributed by atoms with E-state index >= 15 is 0 Å². The Labute approximate surface area is 121 Å². The quantitative estimate of drug-likeness (QED) is 0.683. The van der Waals surface area contributed by atoms with Gasteiger partial charge >= 0.3 is 0 Å². The number of thioether (sulfide) groups is 1. The second kappa shape index (κ2) is 7.74. The molecule has 1 aliphatic carbocycles. The van der Waals surface area contributed by atoms with Crippen molar-refractivity contribution in [2.45, 2.75) is 50.3 Å². The Balaban J connectivity index is 1.76. The Morgan fingerprint density at radius 1 is 1.21 bits per heavy atom. The molecule has 1 aromatic rings. The third kappa shape index (κ3) is 4.68. The molecule has 0 spiro atoms. The molecular weight excluding hydrogens is 252 g/mol. The maximum Gasteiger partial charge on any atom is 0.136 e. The lowest BCUT2D eigenvalue weighted by atomic mass is 9.77. The van der Waals surface area contributed by atoms with E-state index < -0.39 is 0 Å². The molecule has 0 amide bonds. The first-order valence-electron chi connectivity index (χ1n) is 7.50. The zero-order valence-electron chi connectivity index (χ0n) is 11.8. The van der Waals surface area contributed by atoms with Gasteiger partial charge in [0.05, 0.1) is 0 Å². The van der Waals surface area contributed by atoms with Gasteiger partial charge in [0.1, 0.15) is 5.78 Å². The Kier molecular flexibility index (Phi) is 5.96. The predicted molar refractivity (Wildman–Crippen MR) is 82.5 cm³/mol. The van der Waals surface area contributed by atoms with Crippen molar-refractivity contribution in [1.29, 1.82) is 0 Å². The van der Waals surface area contributed by atoms with Crippen LogP contribution in [0, 0.1) is 11.8 Å². The first-order chi connectivity index (χ1) is 9.29. The van der Waals surface area contributed by atoms with Crippen molar-refractivity contribution in [3.05, 3.63) is 30.3 Å². The average molecular weight is 276 g/mol. The van der Waals surface area contributed by atoms with Crippen LogP contribution < -0.4 is 0 Å². The molecule has 1 aliphatic rings. The summed E-state index contributed by atoms with van der Waals surface area (Å²) in [6, 6.07) is 10.5. The van der Waals surface area contributed by atoms with Gasteiger partial charge in [-0.05, 0) is 43.1 Å². The van der Waals surface area contributed by atoms with E-state index in [9.17, 15) is 4.79 Å². The second-order valence-corrected chi connectivity index (χ2v) is 6.71. The summed E-state index contributed by atoms with van der Waals surface area (Å²) >= 11 is 1.88. The van der Waals surface area contributed by atoms with Crippen molar-refractivity contribution in [3.63, 3.8) is 0 Å². The second-order valence-electron chi connectivity index (χ2n) is 5.54. The molecule has 0 saturated heterocycles. The van der Waals surface area contributed by atoms with E-state index in [0.29, 0.717) is 11.7 Å². The van der Waals surface area contributed by atoms with Gasteiger partial charge in [0.2, 0.25) is 0 Å². The van der Waals surface area contributed by atoms with Crippen LogP contribution in [0.15, 0.2) is 35.2 Å². The first kappa shape index (κ1) is 14.6. The van der Waals surface area contributed by atoms with Gasteiger partial charge in [-0.15, -0.1) is 11.8 Å². The van der Waals surface area contributed by atoms with Gasteiger partial charge in [0.25, 0.3) is 0 Å². The van der Waals surface area contributed by atoms with E-state index in [0.717, 1.165) is 37.4 Å². The van der Waals surface area contributed by atoms with E-state index in [1.165, 1.54) is 17.7 Å². The molecule has 1 saturated carbocycles. The average Bonchev–Trinajstić information content (AvgIpc) is 2.44. The summed E-state index contributed by atoms with van der Waals surface area (Å²) in [6.07, 6.45) is 6.71. The number of benzene rings is 1. The minimum Gasteiger partial charge on any atom is -0.299 e.